The Morgan fingerprint density at radius 2 is 1.56 bits per heavy atom. The molecule has 4 nitrogen and oxygen atoms in total. The molecule has 0 bridgehead atoms. The fourth-order valence-electron chi connectivity index (χ4n) is 3.43. The molecule has 2 aromatic rings. The molecule has 2 unspecified atom stereocenters. The van der Waals surface area contributed by atoms with E-state index in [4.69, 9.17) is 4.74 Å². The zero-order chi connectivity index (χ0) is 18.0. The number of sulfonamides is 1. The number of piperidine rings is 1. The summed E-state index contributed by atoms with van der Waals surface area (Å²) < 4.78 is 33.2. The third-order valence-corrected chi connectivity index (χ3v) is 6.46. The van der Waals surface area contributed by atoms with Gasteiger partial charge in [0.15, 0.2) is 0 Å². The maximum Gasteiger partial charge on any atom is 0.243 e. The molecule has 134 valence electrons. The number of benzene rings is 2. The molecular weight excluding hydrogens is 334 g/mol. The summed E-state index contributed by atoms with van der Waals surface area (Å²) in [6, 6.07) is 14.5. The Kier molecular flexibility index (Phi) is 5.16. The molecule has 0 aliphatic carbocycles. The van der Waals surface area contributed by atoms with Gasteiger partial charge < -0.3 is 4.74 Å². The minimum Gasteiger partial charge on any atom is -0.457 e. The molecule has 0 saturated carbocycles. The van der Waals surface area contributed by atoms with E-state index in [1.54, 1.807) is 28.6 Å². The molecule has 5 heteroatoms. The van der Waals surface area contributed by atoms with Crippen molar-refractivity contribution in [2.24, 2.45) is 11.8 Å². The quantitative estimate of drug-likeness (QED) is 0.810. The molecule has 1 heterocycles. The molecule has 2 atom stereocenters. The van der Waals surface area contributed by atoms with E-state index >= 15 is 0 Å². The van der Waals surface area contributed by atoms with E-state index in [2.05, 4.69) is 13.8 Å². The van der Waals surface area contributed by atoms with E-state index in [-0.39, 0.29) is 0 Å². The highest BCUT2D eigenvalue weighted by molar-refractivity contribution is 7.89. The molecule has 0 N–H and O–H groups in total. The van der Waals surface area contributed by atoms with Crippen LogP contribution in [-0.4, -0.2) is 25.8 Å². The van der Waals surface area contributed by atoms with Crippen LogP contribution in [0, 0.1) is 18.8 Å². The van der Waals surface area contributed by atoms with Crippen LogP contribution in [0.4, 0.5) is 0 Å². The molecule has 25 heavy (non-hydrogen) atoms. The van der Waals surface area contributed by atoms with Gasteiger partial charge in [-0.05, 0) is 61.1 Å². The monoisotopic (exact) mass is 359 g/mol. The number of para-hydroxylation sites is 1. The second-order valence-corrected chi connectivity index (χ2v) is 9.04. The maximum absolute atomic E-state index is 12.9. The van der Waals surface area contributed by atoms with Crippen molar-refractivity contribution in [1.82, 2.24) is 4.31 Å². The largest absolute Gasteiger partial charge is 0.457 e. The fraction of sp³-hybridized carbons (Fsp3) is 0.400. The second kappa shape index (κ2) is 7.18. The maximum atomic E-state index is 12.9. The Bertz CT molecular complexity index is 820. The minimum absolute atomic E-state index is 0.325. The van der Waals surface area contributed by atoms with Crippen LogP contribution in [0.5, 0.6) is 11.5 Å². The van der Waals surface area contributed by atoms with Crippen molar-refractivity contribution < 1.29 is 13.2 Å². The summed E-state index contributed by atoms with van der Waals surface area (Å²) in [4.78, 5) is 0.325. The molecule has 3 rings (SSSR count). The van der Waals surface area contributed by atoms with Gasteiger partial charge in [-0.25, -0.2) is 8.42 Å². The lowest BCUT2D eigenvalue weighted by Gasteiger charge is -2.34. The van der Waals surface area contributed by atoms with Crippen molar-refractivity contribution in [3.8, 4) is 11.5 Å². The molecule has 1 aliphatic rings. The first-order chi connectivity index (χ1) is 11.9. The van der Waals surface area contributed by atoms with Crippen LogP contribution in [0.15, 0.2) is 53.4 Å². The van der Waals surface area contributed by atoms with E-state index in [9.17, 15) is 8.42 Å². The summed E-state index contributed by atoms with van der Waals surface area (Å²) in [5.41, 5.74) is 1.04. The van der Waals surface area contributed by atoms with Crippen molar-refractivity contribution in [2.75, 3.05) is 13.1 Å². The van der Waals surface area contributed by atoms with Crippen LogP contribution >= 0.6 is 0 Å². The smallest absolute Gasteiger partial charge is 0.243 e. The van der Waals surface area contributed by atoms with Gasteiger partial charge in [0.25, 0.3) is 0 Å². The average Bonchev–Trinajstić information content (AvgIpc) is 2.56. The Morgan fingerprint density at radius 1 is 0.960 bits per heavy atom. The zero-order valence-electron chi connectivity index (χ0n) is 15.0. The lowest BCUT2D eigenvalue weighted by molar-refractivity contribution is 0.222. The highest BCUT2D eigenvalue weighted by atomic mass is 32.2. The first-order valence-electron chi connectivity index (χ1n) is 8.70. The molecule has 1 fully saturated rings. The van der Waals surface area contributed by atoms with Gasteiger partial charge in [-0.3, -0.25) is 0 Å². The summed E-state index contributed by atoms with van der Waals surface area (Å²) in [7, 11) is -3.45. The van der Waals surface area contributed by atoms with Crippen LogP contribution in [0.3, 0.4) is 0 Å². The van der Waals surface area contributed by atoms with E-state index in [1.807, 2.05) is 31.2 Å². The molecular formula is C20H25NO3S. The molecule has 2 aromatic carbocycles. The number of ether oxygens (including phenoxy) is 1. The van der Waals surface area contributed by atoms with Crippen molar-refractivity contribution in [2.45, 2.75) is 32.1 Å². The first-order valence-corrected chi connectivity index (χ1v) is 10.1. The summed E-state index contributed by atoms with van der Waals surface area (Å²) >= 11 is 0. The summed E-state index contributed by atoms with van der Waals surface area (Å²) in [5.74, 6) is 2.19. The fourth-order valence-corrected chi connectivity index (χ4v) is 5.11. The number of hydrogen-bond acceptors (Lipinski definition) is 3. The van der Waals surface area contributed by atoms with E-state index in [0.717, 1.165) is 17.7 Å². The minimum atomic E-state index is -3.45. The van der Waals surface area contributed by atoms with Gasteiger partial charge in [-0.1, -0.05) is 32.0 Å². The Balaban J connectivity index is 1.78. The Labute approximate surface area is 150 Å². The van der Waals surface area contributed by atoms with Crippen molar-refractivity contribution in [3.63, 3.8) is 0 Å². The number of rotatable bonds is 4. The van der Waals surface area contributed by atoms with E-state index in [0.29, 0.717) is 35.6 Å². The predicted molar refractivity (Wildman–Crippen MR) is 99.4 cm³/mol. The average molecular weight is 359 g/mol. The van der Waals surface area contributed by atoms with Gasteiger partial charge in [0.2, 0.25) is 10.0 Å². The van der Waals surface area contributed by atoms with Gasteiger partial charge in [0.1, 0.15) is 11.5 Å². The van der Waals surface area contributed by atoms with Gasteiger partial charge in [-0.15, -0.1) is 0 Å². The van der Waals surface area contributed by atoms with Gasteiger partial charge in [-0.2, -0.15) is 4.31 Å². The SMILES string of the molecule is Cc1ccccc1Oc1ccc(S(=O)(=O)N2CC(C)CC(C)C2)cc1. The van der Waals surface area contributed by atoms with Crippen molar-refractivity contribution in [3.05, 3.63) is 54.1 Å². The third-order valence-electron chi connectivity index (χ3n) is 4.62. The number of hydrogen-bond donors (Lipinski definition) is 0. The summed E-state index contributed by atoms with van der Waals surface area (Å²) in [6.07, 6.45) is 1.08. The normalized spacial score (nSPS) is 21.9. The molecule has 0 amide bonds. The van der Waals surface area contributed by atoms with Gasteiger partial charge in [0.05, 0.1) is 4.90 Å². The molecule has 1 saturated heterocycles. The number of aryl methyl sites for hydroxylation is 1. The zero-order valence-corrected chi connectivity index (χ0v) is 15.8. The molecule has 0 radical (unpaired) electrons. The molecule has 0 spiro atoms. The van der Waals surface area contributed by atoms with Crippen LogP contribution in [0.2, 0.25) is 0 Å². The van der Waals surface area contributed by atoms with Gasteiger partial charge >= 0.3 is 0 Å². The lowest BCUT2D eigenvalue weighted by Crippen LogP contribution is -2.42. The standard InChI is InChI=1S/C20H25NO3S/c1-15-12-16(2)14-21(13-15)25(22,23)19-10-8-18(9-11-19)24-20-7-5-4-6-17(20)3/h4-11,15-16H,12-14H2,1-3H3. The highest BCUT2D eigenvalue weighted by Crippen LogP contribution is 2.29. The molecule has 1 aliphatic heterocycles. The van der Waals surface area contributed by atoms with Crippen molar-refractivity contribution >= 4 is 10.0 Å². The first kappa shape index (κ1) is 18.0. The lowest BCUT2D eigenvalue weighted by atomic mass is 9.94. The van der Waals surface area contributed by atoms with E-state index < -0.39 is 10.0 Å². The van der Waals surface area contributed by atoms with Crippen LogP contribution in [0.1, 0.15) is 25.8 Å². The Hall–Kier alpha value is -1.85. The van der Waals surface area contributed by atoms with Crippen LogP contribution < -0.4 is 4.74 Å². The predicted octanol–water partition coefficient (Wildman–Crippen LogP) is 4.45. The summed E-state index contributed by atoms with van der Waals surface area (Å²) in [6.45, 7) is 7.38. The highest BCUT2D eigenvalue weighted by Gasteiger charge is 2.31. The van der Waals surface area contributed by atoms with Gasteiger partial charge in [0, 0.05) is 13.1 Å². The van der Waals surface area contributed by atoms with Crippen LogP contribution in [0.25, 0.3) is 0 Å². The van der Waals surface area contributed by atoms with Crippen molar-refractivity contribution in [1.29, 1.82) is 0 Å². The summed E-state index contributed by atoms with van der Waals surface area (Å²) in [5, 5.41) is 0. The topological polar surface area (TPSA) is 46.6 Å². The second-order valence-electron chi connectivity index (χ2n) is 7.11. The van der Waals surface area contributed by atoms with Crippen LogP contribution in [-0.2, 0) is 10.0 Å². The Morgan fingerprint density at radius 3 is 2.16 bits per heavy atom. The number of nitrogens with zero attached hydrogens (tertiary/aromatic N) is 1. The third kappa shape index (κ3) is 4.05. The molecule has 0 aromatic heterocycles. The van der Waals surface area contributed by atoms with E-state index in [1.165, 1.54) is 0 Å².